The molecule has 348 valence electrons. The number of aryl methyl sites for hydroxylation is 4. The summed E-state index contributed by atoms with van der Waals surface area (Å²) in [5.41, 5.74) is 8.78. The monoisotopic (exact) mass is 950 g/mol. The Morgan fingerprint density at radius 3 is 1.59 bits per heavy atom. The molecule has 0 atom stereocenters. The molecular weight excluding hydrogens is 908 g/mol. The van der Waals surface area contributed by atoms with Gasteiger partial charge in [-0.25, -0.2) is 29.5 Å². The molecular formula is C54H43ClN8O7. The fourth-order valence-electron chi connectivity index (χ4n) is 8.40. The lowest BCUT2D eigenvalue weighted by molar-refractivity contribution is 0.0593. The number of aromatic nitrogens is 8. The van der Waals surface area contributed by atoms with Crippen molar-refractivity contribution < 1.29 is 24.2 Å². The maximum atomic E-state index is 12.7. The number of pyridine rings is 8. The van der Waals surface area contributed by atoms with Crippen LogP contribution in [0.1, 0.15) is 46.0 Å². The van der Waals surface area contributed by atoms with Gasteiger partial charge >= 0.3 is 11.9 Å². The van der Waals surface area contributed by atoms with Crippen LogP contribution in [0.3, 0.4) is 0 Å². The first-order chi connectivity index (χ1) is 33.6. The number of methoxy groups -OCH3 is 1. The summed E-state index contributed by atoms with van der Waals surface area (Å²) in [6.45, 7) is 7.46. The third kappa shape index (κ3) is 8.81. The van der Waals surface area contributed by atoms with Crippen LogP contribution in [0.5, 0.6) is 5.88 Å². The van der Waals surface area contributed by atoms with Crippen LogP contribution in [0.4, 0.5) is 0 Å². The van der Waals surface area contributed by atoms with Crippen LogP contribution >= 0.6 is 11.6 Å². The molecule has 16 heteroatoms. The SMILES string of the molecule is COC(=O)c1ccc(-c2cc3cccc(-c4nc(OC(C)C)cc5c4cc(C)c(=O)n5C)c3cn2)cn1.Cc1cc2c(-c3cccc4cc(-c5ccc(C(=O)O)nc5)ncc34)nc(Cl)cc2n(C)c1=O. The zero-order valence-electron chi connectivity index (χ0n) is 39.0. The molecule has 15 nitrogen and oxygen atoms in total. The predicted octanol–water partition coefficient (Wildman–Crippen LogP) is 9.96. The van der Waals surface area contributed by atoms with Crippen LogP contribution < -0.4 is 15.9 Å². The summed E-state index contributed by atoms with van der Waals surface area (Å²) in [5, 5.41) is 14.7. The van der Waals surface area contributed by atoms with E-state index in [2.05, 4.69) is 24.9 Å². The van der Waals surface area contributed by atoms with Gasteiger partial charge < -0.3 is 23.7 Å². The van der Waals surface area contributed by atoms with E-state index >= 15 is 0 Å². The summed E-state index contributed by atoms with van der Waals surface area (Å²) in [7, 11) is 4.81. The average Bonchev–Trinajstić information content (AvgIpc) is 3.36. The Morgan fingerprint density at radius 2 is 1.11 bits per heavy atom. The molecule has 2 aromatic carbocycles. The van der Waals surface area contributed by atoms with E-state index in [1.165, 1.54) is 19.4 Å². The third-order valence-corrected chi connectivity index (χ3v) is 12.1. The number of carboxylic acids is 1. The zero-order valence-corrected chi connectivity index (χ0v) is 39.7. The smallest absolute Gasteiger partial charge is 0.356 e. The van der Waals surface area contributed by atoms with E-state index in [1.54, 1.807) is 73.7 Å². The molecule has 1 N–H and O–H groups in total. The number of hydrogen-bond acceptors (Lipinski definition) is 12. The van der Waals surface area contributed by atoms with Gasteiger partial charge in [0.1, 0.15) is 16.5 Å². The standard InChI is InChI=1S/C29H26N4O4.C25H17ClN4O3/c1-16(2)37-26-13-25-21(11-17(3)28(34)33(25)4)27(32-26)20-8-6-7-18-12-24(31-15-22(18)20)19-9-10-23(30-14-19)29(35)36-5;1-13-8-17-21(30(2)24(13)31)10-22(26)29-23(17)16-5-3-4-14-9-20(28-12-18(14)16)15-6-7-19(25(32)33)27-11-15/h6-16H,1-5H3;3-12H,1-2H3,(H,32,33). The number of carbonyl (C=O) groups excluding carboxylic acids is 1. The van der Waals surface area contributed by atoms with Crippen molar-refractivity contribution in [3.8, 4) is 50.9 Å². The first kappa shape index (κ1) is 46.4. The van der Waals surface area contributed by atoms with Crippen molar-refractivity contribution in [2.75, 3.05) is 7.11 Å². The number of benzene rings is 2. The Hall–Kier alpha value is -8.69. The highest BCUT2D eigenvalue weighted by Crippen LogP contribution is 2.37. The highest BCUT2D eigenvalue weighted by molar-refractivity contribution is 6.30. The van der Waals surface area contributed by atoms with E-state index < -0.39 is 11.9 Å². The second kappa shape index (κ2) is 18.8. The molecule has 8 aromatic heterocycles. The molecule has 10 aromatic rings. The van der Waals surface area contributed by atoms with Crippen molar-refractivity contribution in [1.82, 2.24) is 39.0 Å². The van der Waals surface area contributed by atoms with Gasteiger partial charge in [0.15, 0.2) is 0 Å². The summed E-state index contributed by atoms with van der Waals surface area (Å²) in [4.78, 5) is 74.8. The summed E-state index contributed by atoms with van der Waals surface area (Å²) < 4.78 is 13.9. The predicted molar refractivity (Wildman–Crippen MR) is 270 cm³/mol. The minimum absolute atomic E-state index is 0.0228. The van der Waals surface area contributed by atoms with E-state index in [1.807, 2.05) is 86.8 Å². The van der Waals surface area contributed by atoms with Crippen molar-refractivity contribution in [1.29, 1.82) is 0 Å². The van der Waals surface area contributed by atoms with Crippen molar-refractivity contribution in [2.24, 2.45) is 14.1 Å². The minimum Gasteiger partial charge on any atom is -0.477 e. The quantitative estimate of drug-likeness (QED) is 0.112. The Morgan fingerprint density at radius 1 is 0.614 bits per heavy atom. The molecule has 0 amide bonds. The first-order valence-electron chi connectivity index (χ1n) is 22.0. The number of halogens is 1. The molecule has 0 saturated heterocycles. The van der Waals surface area contributed by atoms with Crippen LogP contribution in [0, 0.1) is 13.8 Å². The number of carboxylic acid groups (broad SMARTS) is 1. The van der Waals surface area contributed by atoms with E-state index in [0.717, 1.165) is 65.9 Å². The number of hydrogen-bond donors (Lipinski definition) is 1. The van der Waals surface area contributed by atoms with Crippen LogP contribution in [-0.2, 0) is 18.8 Å². The minimum atomic E-state index is -1.08. The molecule has 0 spiro atoms. The van der Waals surface area contributed by atoms with Crippen molar-refractivity contribution in [3.05, 3.63) is 170 Å². The van der Waals surface area contributed by atoms with E-state index in [-0.39, 0.29) is 28.6 Å². The summed E-state index contributed by atoms with van der Waals surface area (Å²) in [6.07, 6.45) is 6.60. The van der Waals surface area contributed by atoms with Gasteiger partial charge in [-0.1, -0.05) is 48.0 Å². The van der Waals surface area contributed by atoms with Gasteiger partial charge in [-0.3, -0.25) is 19.6 Å². The maximum Gasteiger partial charge on any atom is 0.356 e. The fourth-order valence-corrected chi connectivity index (χ4v) is 8.59. The Balaban J connectivity index is 0.000000175. The maximum absolute atomic E-state index is 12.7. The Labute approximate surface area is 404 Å². The number of fused-ring (bicyclic) bond motifs is 4. The van der Waals surface area contributed by atoms with Crippen LogP contribution in [0.2, 0.25) is 5.15 Å². The van der Waals surface area contributed by atoms with E-state index in [0.29, 0.717) is 44.6 Å². The van der Waals surface area contributed by atoms with Gasteiger partial charge in [-0.15, -0.1) is 0 Å². The molecule has 8 heterocycles. The van der Waals surface area contributed by atoms with Gasteiger partial charge in [0.05, 0.1) is 47.0 Å². The van der Waals surface area contributed by atoms with Crippen LogP contribution in [-0.4, -0.2) is 69.3 Å². The lowest BCUT2D eigenvalue weighted by Crippen LogP contribution is -2.20. The second-order valence-corrected chi connectivity index (χ2v) is 17.3. The van der Waals surface area contributed by atoms with Gasteiger partial charge in [0.2, 0.25) is 5.88 Å². The average molecular weight is 951 g/mol. The second-order valence-electron chi connectivity index (χ2n) is 16.9. The van der Waals surface area contributed by atoms with Crippen LogP contribution in [0.25, 0.3) is 88.4 Å². The molecule has 10 rings (SSSR count). The summed E-state index contributed by atoms with van der Waals surface area (Å²) >= 11 is 6.34. The molecule has 0 aliphatic carbocycles. The van der Waals surface area contributed by atoms with Crippen molar-refractivity contribution >= 4 is 66.9 Å². The highest BCUT2D eigenvalue weighted by Gasteiger charge is 2.19. The number of carbonyl (C=O) groups is 2. The molecule has 0 saturated carbocycles. The fraction of sp³-hybridized carbons (Fsp3) is 0.148. The number of rotatable bonds is 8. The molecule has 0 unspecified atom stereocenters. The van der Waals surface area contributed by atoms with Gasteiger partial charge in [0.25, 0.3) is 11.1 Å². The summed E-state index contributed by atoms with van der Waals surface area (Å²) in [6, 6.07) is 29.5. The molecule has 0 fully saturated rings. The molecule has 0 bridgehead atoms. The van der Waals surface area contributed by atoms with Crippen molar-refractivity contribution in [2.45, 2.75) is 33.8 Å². The van der Waals surface area contributed by atoms with Crippen LogP contribution in [0.15, 0.2) is 131 Å². The Kier molecular flexibility index (Phi) is 12.4. The Bertz CT molecular complexity index is 3870. The van der Waals surface area contributed by atoms with E-state index in [4.69, 9.17) is 31.2 Å². The molecule has 70 heavy (non-hydrogen) atoms. The number of nitrogens with zero attached hydrogens (tertiary/aromatic N) is 8. The highest BCUT2D eigenvalue weighted by atomic mass is 35.5. The molecule has 0 radical (unpaired) electrons. The lowest BCUT2D eigenvalue weighted by Gasteiger charge is -2.16. The number of ether oxygens (including phenoxy) is 2. The van der Waals surface area contributed by atoms with E-state index in [9.17, 15) is 19.2 Å². The number of aromatic carboxylic acids is 1. The molecule has 0 aliphatic heterocycles. The topological polar surface area (TPSA) is 194 Å². The third-order valence-electron chi connectivity index (χ3n) is 11.9. The zero-order chi connectivity index (χ0) is 49.5. The number of esters is 1. The van der Waals surface area contributed by atoms with Gasteiger partial charge in [-0.2, -0.15) is 0 Å². The first-order valence-corrected chi connectivity index (χ1v) is 22.4. The van der Waals surface area contributed by atoms with Gasteiger partial charge in [-0.05, 0) is 93.1 Å². The summed E-state index contributed by atoms with van der Waals surface area (Å²) in [5.74, 6) is -1.11. The normalized spacial score (nSPS) is 11.3. The molecule has 0 aliphatic rings. The van der Waals surface area contributed by atoms with Crippen molar-refractivity contribution in [3.63, 3.8) is 0 Å². The van der Waals surface area contributed by atoms with Gasteiger partial charge in [0, 0.05) is 99.9 Å². The largest absolute Gasteiger partial charge is 0.477 e. The lowest BCUT2D eigenvalue weighted by atomic mass is 9.99.